The first-order valence-corrected chi connectivity index (χ1v) is 5.73. The Hall–Kier alpha value is -1.07. The van der Waals surface area contributed by atoms with Gasteiger partial charge in [0, 0.05) is 0 Å². The van der Waals surface area contributed by atoms with E-state index in [-0.39, 0.29) is 11.9 Å². The van der Waals surface area contributed by atoms with Crippen molar-refractivity contribution in [2.24, 2.45) is 0 Å². The second-order valence-corrected chi connectivity index (χ2v) is 4.32. The van der Waals surface area contributed by atoms with E-state index >= 15 is 0 Å². The molecule has 0 spiro atoms. The van der Waals surface area contributed by atoms with Crippen LogP contribution in [0.2, 0.25) is 0 Å². The van der Waals surface area contributed by atoms with Gasteiger partial charge in [-0.15, -0.1) is 0 Å². The highest BCUT2D eigenvalue weighted by atomic mass is 79.9. The summed E-state index contributed by atoms with van der Waals surface area (Å²) in [5, 5.41) is 2.88. The molecule has 1 heterocycles. The Morgan fingerprint density at radius 2 is 2.31 bits per heavy atom. The van der Waals surface area contributed by atoms with E-state index in [0.29, 0.717) is 29.0 Å². The quantitative estimate of drug-likeness (QED) is 0.918. The number of carbonyl (C=O) groups excluding carboxylic acids is 1. The summed E-state index contributed by atoms with van der Waals surface area (Å²) in [7, 11) is 1.57. The van der Waals surface area contributed by atoms with Crippen LogP contribution < -0.4 is 10.1 Å². The Kier molecular flexibility index (Phi) is 3.46. The molecule has 1 N–H and O–H groups in total. The Morgan fingerprint density at radius 3 is 2.88 bits per heavy atom. The summed E-state index contributed by atoms with van der Waals surface area (Å²) in [6, 6.07) is 5.47. The van der Waals surface area contributed by atoms with Gasteiger partial charge >= 0.3 is 0 Å². The van der Waals surface area contributed by atoms with Gasteiger partial charge in [0.1, 0.15) is 5.75 Å². The molecule has 0 radical (unpaired) electrons. The first kappa shape index (κ1) is 11.4. The standard InChI is InChI=1S/C11H12BrNO3/c1-15-9-4-2-3-8(10(9)12)11(14)13-7-5-16-6-7/h2-4,7H,5-6H2,1H3,(H,13,14). The molecule has 1 fully saturated rings. The summed E-state index contributed by atoms with van der Waals surface area (Å²) in [6.45, 7) is 1.18. The average molecular weight is 286 g/mol. The molecule has 0 bridgehead atoms. The normalized spacial score (nSPS) is 15.4. The van der Waals surface area contributed by atoms with Gasteiger partial charge in [-0.25, -0.2) is 0 Å². The lowest BCUT2D eigenvalue weighted by Crippen LogP contribution is -2.48. The number of amides is 1. The zero-order valence-corrected chi connectivity index (χ0v) is 10.4. The van der Waals surface area contributed by atoms with Crippen LogP contribution in [0.5, 0.6) is 5.75 Å². The van der Waals surface area contributed by atoms with Crippen LogP contribution in [-0.4, -0.2) is 32.3 Å². The highest BCUT2D eigenvalue weighted by Crippen LogP contribution is 2.28. The molecule has 1 aromatic carbocycles. The number of hydrogen-bond acceptors (Lipinski definition) is 3. The molecular formula is C11H12BrNO3. The zero-order chi connectivity index (χ0) is 11.5. The van der Waals surface area contributed by atoms with Crippen molar-refractivity contribution in [2.75, 3.05) is 20.3 Å². The van der Waals surface area contributed by atoms with Crippen molar-refractivity contribution in [1.82, 2.24) is 5.32 Å². The predicted octanol–water partition coefficient (Wildman–Crippen LogP) is 1.59. The second kappa shape index (κ2) is 4.84. The molecule has 0 atom stereocenters. The minimum Gasteiger partial charge on any atom is -0.496 e. The summed E-state index contributed by atoms with van der Waals surface area (Å²) in [6.07, 6.45) is 0. The van der Waals surface area contributed by atoms with Crippen LogP contribution >= 0.6 is 15.9 Å². The first-order valence-electron chi connectivity index (χ1n) is 4.93. The minimum atomic E-state index is -0.112. The van der Waals surface area contributed by atoms with E-state index in [2.05, 4.69) is 21.2 Å². The van der Waals surface area contributed by atoms with Crippen LogP contribution in [0.15, 0.2) is 22.7 Å². The molecule has 5 heteroatoms. The van der Waals surface area contributed by atoms with E-state index in [1.165, 1.54) is 0 Å². The van der Waals surface area contributed by atoms with E-state index in [1.54, 1.807) is 25.3 Å². The maximum absolute atomic E-state index is 11.9. The fourth-order valence-electron chi connectivity index (χ4n) is 1.43. The summed E-state index contributed by atoms with van der Waals surface area (Å²) < 4.78 is 10.8. The molecule has 1 saturated heterocycles. The molecule has 4 nitrogen and oxygen atoms in total. The highest BCUT2D eigenvalue weighted by molar-refractivity contribution is 9.10. The summed E-state index contributed by atoms with van der Waals surface area (Å²) in [5.74, 6) is 0.539. The number of hydrogen-bond donors (Lipinski definition) is 1. The van der Waals surface area contributed by atoms with Gasteiger partial charge in [-0.05, 0) is 28.1 Å². The van der Waals surface area contributed by atoms with Gasteiger partial charge in [-0.1, -0.05) is 6.07 Å². The SMILES string of the molecule is COc1cccc(C(=O)NC2COC2)c1Br. The van der Waals surface area contributed by atoms with E-state index in [0.717, 1.165) is 0 Å². The fourth-order valence-corrected chi connectivity index (χ4v) is 2.03. The molecule has 0 unspecified atom stereocenters. The van der Waals surface area contributed by atoms with Gasteiger partial charge in [-0.2, -0.15) is 0 Å². The third-order valence-electron chi connectivity index (χ3n) is 2.40. The maximum Gasteiger partial charge on any atom is 0.252 e. The average Bonchev–Trinajstić information content (AvgIpc) is 2.23. The van der Waals surface area contributed by atoms with E-state index in [4.69, 9.17) is 9.47 Å². The summed E-state index contributed by atoms with van der Waals surface area (Å²) in [5.41, 5.74) is 0.575. The highest BCUT2D eigenvalue weighted by Gasteiger charge is 2.22. The Balaban J connectivity index is 2.15. The van der Waals surface area contributed by atoms with Gasteiger partial charge in [0.05, 0.1) is 36.4 Å². The van der Waals surface area contributed by atoms with Crippen molar-refractivity contribution >= 4 is 21.8 Å². The lowest BCUT2D eigenvalue weighted by atomic mass is 10.1. The molecule has 86 valence electrons. The number of nitrogens with one attached hydrogen (secondary N) is 1. The van der Waals surface area contributed by atoms with E-state index in [9.17, 15) is 4.79 Å². The number of ether oxygens (including phenoxy) is 2. The Labute approximate surface area is 102 Å². The molecule has 2 rings (SSSR count). The van der Waals surface area contributed by atoms with Gasteiger partial charge in [0.2, 0.25) is 0 Å². The Bertz CT molecular complexity index is 404. The molecule has 0 saturated carbocycles. The monoisotopic (exact) mass is 285 g/mol. The topological polar surface area (TPSA) is 47.6 Å². The van der Waals surface area contributed by atoms with Crippen LogP contribution in [0.25, 0.3) is 0 Å². The molecule has 16 heavy (non-hydrogen) atoms. The first-order chi connectivity index (χ1) is 7.72. The molecule has 1 amide bonds. The van der Waals surface area contributed by atoms with Gasteiger partial charge in [0.15, 0.2) is 0 Å². The van der Waals surface area contributed by atoms with Gasteiger partial charge < -0.3 is 14.8 Å². The van der Waals surface area contributed by atoms with Crippen molar-refractivity contribution in [3.05, 3.63) is 28.2 Å². The van der Waals surface area contributed by atoms with Crippen LogP contribution in [0.3, 0.4) is 0 Å². The molecule has 1 aromatic rings. The lowest BCUT2D eigenvalue weighted by Gasteiger charge is -2.27. The van der Waals surface area contributed by atoms with Gasteiger partial charge in [0.25, 0.3) is 5.91 Å². The second-order valence-electron chi connectivity index (χ2n) is 3.53. The van der Waals surface area contributed by atoms with Crippen molar-refractivity contribution in [2.45, 2.75) is 6.04 Å². The fraction of sp³-hybridized carbons (Fsp3) is 0.364. The summed E-state index contributed by atoms with van der Waals surface area (Å²) >= 11 is 3.35. The molecular weight excluding hydrogens is 274 g/mol. The van der Waals surface area contributed by atoms with Crippen LogP contribution in [0, 0.1) is 0 Å². The van der Waals surface area contributed by atoms with Crippen LogP contribution in [0.4, 0.5) is 0 Å². The number of benzene rings is 1. The smallest absolute Gasteiger partial charge is 0.252 e. The predicted molar refractivity (Wildman–Crippen MR) is 62.8 cm³/mol. The van der Waals surface area contributed by atoms with Crippen LogP contribution in [-0.2, 0) is 4.74 Å². The maximum atomic E-state index is 11.9. The van der Waals surface area contributed by atoms with Crippen molar-refractivity contribution in [3.8, 4) is 5.75 Å². The third kappa shape index (κ3) is 2.20. The molecule has 0 aliphatic carbocycles. The largest absolute Gasteiger partial charge is 0.496 e. The van der Waals surface area contributed by atoms with E-state index < -0.39 is 0 Å². The zero-order valence-electron chi connectivity index (χ0n) is 8.83. The Morgan fingerprint density at radius 1 is 1.56 bits per heavy atom. The summed E-state index contributed by atoms with van der Waals surface area (Å²) in [4.78, 5) is 11.9. The minimum absolute atomic E-state index is 0.112. The molecule has 1 aliphatic heterocycles. The molecule has 0 aromatic heterocycles. The van der Waals surface area contributed by atoms with Crippen molar-refractivity contribution < 1.29 is 14.3 Å². The van der Waals surface area contributed by atoms with Crippen molar-refractivity contribution in [3.63, 3.8) is 0 Å². The number of halogens is 1. The van der Waals surface area contributed by atoms with Gasteiger partial charge in [-0.3, -0.25) is 4.79 Å². The van der Waals surface area contributed by atoms with Crippen molar-refractivity contribution in [1.29, 1.82) is 0 Å². The van der Waals surface area contributed by atoms with E-state index in [1.807, 2.05) is 0 Å². The molecule has 1 aliphatic rings. The third-order valence-corrected chi connectivity index (χ3v) is 3.22. The number of carbonyl (C=O) groups is 1. The number of rotatable bonds is 3. The number of methoxy groups -OCH3 is 1. The van der Waals surface area contributed by atoms with Crippen LogP contribution in [0.1, 0.15) is 10.4 Å². The lowest BCUT2D eigenvalue weighted by molar-refractivity contribution is -0.00348.